The second-order valence-electron chi connectivity index (χ2n) is 12.7. The first kappa shape index (κ1) is 28.8. The van der Waals surface area contributed by atoms with Crippen molar-refractivity contribution in [1.29, 1.82) is 0 Å². The molecule has 0 spiro atoms. The van der Waals surface area contributed by atoms with Gasteiger partial charge in [-0.2, -0.15) is 0 Å². The van der Waals surface area contributed by atoms with E-state index in [1.807, 2.05) is 6.07 Å². The van der Waals surface area contributed by atoms with Crippen molar-refractivity contribution in [2.75, 3.05) is 0 Å². The molecule has 34 heavy (non-hydrogen) atoms. The first-order valence-electron chi connectivity index (χ1n) is 12.6. The van der Waals surface area contributed by atoms with Gasteiger partial charge in [0.15, 0.2) is 22.4 Å². The fourth-order valence-electron chi connectivity index (χ4n) is 3.49. The number of benzene rings is 1. The van der Waals surface area contributed by atoms with Crippen molar-refractivity contribution < 1.29 is 13.6 Å². The summed E-state index contributed by atoms with van der Waals surface area (Å²) < 4.78 is 13.4. The maximum atomic E-state index is 12.6. The Kier molecular flexibility index (Phi) is 9.02. The first-order chi connectivity index (χ1) is 15.4. The average Bonchev–Trinajstić information content (AvgIpc) is 2.95. The highest BCUT2D eigenvalue weighted by Gasteiger charge is 2.45. The molecule has 5 heteroatoms. The smallest absolute Gasteiger partial charge is 0.193 e. The van der Waals surface area contributed by atoms with Crippen LogP contribution in [0, 0.1) is 17.8 Å². The van der Waals surface area contributed by atoms with Gasteiger partial charge in [-0.15, -0.1) is 0 Å². The van der Waals surface area contributed by atoms with E-state index in [0.29, 0.717) is 12.0 Å². The molecule has 1 aliphatic carbocycles. The van der Waals surface area contributed by atoms with Crippen molar-refractivity contribution in [2.24, 2.45) is 5.92 Å². The number of hydrogen-bond acceptors (Lipinski definition) is 3. The normalized spacial score (nSPS) is 20.8. The fourth-order valence-corrected chi connectivity index (χ4v) is 6.06. The minimum atomic E-state index is -2.04. The van der Waals surface area contributed by atoms with Crippen LogP contribution in [0.25, 0.3) is 0 Å². The molecule has 0 aliphatic heterocycles. The van der Waals surface area contributed by atoms with Gasteiger partial charge in [-0.25, -0.2) is 0 Å². The van der Waals surface area contributed by atoms with Crippen LogP contribution < -0.4 is 0 Å². The summed E-state index contributed by atoms with van der Waals surface area (Å²) in [4.78, 5) is 12.6. The molecule has 1 saturated carbocycles. The van der Waals surface area contributed by atoms with Gasteiger partial charge >= 0.3 is 0 Å². The lowest BCUT2D eigenvalue weighted by Gasteiger charge is -2.39. The second-order valence-corrected chi connectivity index (χ2v) is 22.2. The fraction of sp³-hybridized carbons (Fsp3) is 0.621. The molecule has 1 fully saturated rings. The Morgan fingerprint density at radius 1 is 1.00 bits per heavy atom. The van der Waals surface area contributed by atoms with Crippen LogP contribution in [0.5, 0.6) is 0 Å². The Hall–Kier alpha value is -1.46. The van der Waals surface area contributed by atoms with Gasteiger partial charge in [0.1, 0.15) is 6.10 Å². The Labute approximate surface area is 211 Å². The summed E-state index contributed by atoms with van der Waals surface area (Å²) in [5.74, 6) is 6.69. The largest absolute Gasteiger partial charge is 0.412 e. The zero-order valence-corrected chi connectivity index (χ0v) is 25.2. The molecule has 3 atom stereocenters. The number of carbonyl (C=O) groups excluding carboxylic acids is 1. The van der Waals surface area contributed by atoms with Crippen LogP contribution >= 0.6 is 0 Å². The molecule has 0 aromatic heterocycles. The molecule has 1 aromatic carbocycles. The third-order valence-corrected chi connectivity index (χ3v) is 16.9. The molecule has 0 heterocycles. The molecule has 0 unspecified atom stereocenters. The number of Topliss-reactive ketones (excluding diaryl/α,β-unsaturated/α-hetero) is 1. The van der Waals surface area contributed by atoms with Crippen LogP contribution in [0.2, 0.25) is 36.3 Å². The minimum absolute atomic E-state index is 0.0710. The predicted molar refractivity (Wildman–Crippen MR) is 149 cm³/mol. The van der Waals surface area contributed by atoms with Crippen molar-refractivity contribution in [3.05, 3.63) is 48.0 Å². The highest BCUT2D eigenvalue weighted by molar-refractivity contribution is 6.74. The third kappa shape index (κ3) is 7.27. The van der Waals surface area contributed by atoms with Crippen LogP contribution in [0.15, 0.2) is 42.5 Å². The van der Waals surface area contributed by atoms with Gasteiger partial charge in [-0.3, -0.25) is 4.79 Å². The van der Waals surface area contributed by atoms with E-state index >= 15 is 0 Å². The van der Waals surface area contributed by atoms with Crippen molar-refractivity contribution in [2.45, 2.75) is 109 Å². The molecule has 1 aliphatic rings. The summed E-state index contributed by atoms with van der Waals surface area (Å²) >= 11 is 0. The van der Waals surface area contributed by atoms with Crippen LogP contribution in [-0.4, -0.2) is 34.6 Å². The lowest BCUT2D eigenvalue weighted by molar-refractivity contribution is -0.115. The predicted octanol–water partition coefficient (Wildman–Crippen LogP) is 7.55. The van der Waals surface area contributed by atoms with E-state index in [-0.39, 0.29) is 34.0 Å². The Morgan fingerprint density at radius 2 is 1.56 bits per heavy atom. The van der Waals surface area contributed by atoms with E-state index in [1.165, 1.54) is 5.56 Å². The van der Waals surface area contributed by atoms with E-state index in [4.69, 9.17) is 8.85 Å². The van der Waals surface area contributed by atoms with Gasteiger partial charge in [-0.1, -0.05) is 90.3 Å². The lowest BCUT2D eigenvalue weighted by Crippen LogP contribution is -2.45. The highest BCUT2D eigenvalue weighted by atomic mass is 28.4. The van der Waals surface area contributed by atoms with E-state index < -0.39 is 16.6 Å². The number of carbonyl (C=O) groups is 1. The number of aryl methyl sites for hydroxylation is 1. The molecular formula is C29H46O3Si2. The molecule has 3 nitrogen and oxygen atoms in total. The van der Waals surface area contributed by atoms with Crippen LogP contribution in [0.4, 0.5) is 0 Å². The molecule has 0 bridgehead atoms. The Morgan fingerprint density at radius 3 is 2.09 bits per heavy atom. The monoisotopic (exact) mass is 498 g/mol. The number of rotatable bonds is 7. The molecule has 2 rings (SSSR count). The highest BCUT2D eigenvalue weighted by Crippen LogP contribution is 2.41. The molecule has 188 valence electrons. The Bertz CT molecular complexity index is 924. The van der Waals surface area contributed by atoms with Gasteiger partial charge in [0, 0.05) is 12.0 Å². The van der Waals surface area contributed by atoms with Crippen LogP contribution in [0.3, 0.4) is 0 Å². The molecule has 0 radical (unpaired) electrons. The molecule has 0 saturated heterocycles. The third-order valence-electron chi connectivity index (χ3n) is 7.93. The van der Waals surface area contributed by atoms with Gasteiger partial charge in [-0.05, 0) is 54.7 Å². The van der Waals surface area contributed by atoms with Crippen LogP contribution in [0.1, 0.15) is 59.9 Å². The number of ketones is 1. The molecule has 0 N–H and O–H groups in total. The van der Waals surface area contributed by atoms with E-state index in [9.17, 15) is 4.79 Å². The summed E-state index contributed by atoms with van der Waals surface area (Å²) in [6.45, 7) is 26.5. The van der Waals surface area contributed by atoms with Crippen LogP contribution in [-0.2, 0) is 20.1 Å². The maximum absolute atomic E-state index is 12.6. The zero-order chi connectivity index (χ0) is 25.9. The molecule has 1 aromatic rings. The van der Waals surface area contributed by atoms with Gasteiger partial charge in [0.2, 0.25) is 0 Å². The quantitative estimate of drug-likeness (QED) is 0.221. The van der Waals surface area contributed by atoms with Gasteiger partial charge in [0.25, 0.3) is 0 Å². The summed E-state index contributed by atoms with van der Waals surface area (Å²) in [5.41, 5.74) is 1.87. The van der Waals surface area contributed by atoms with Crippen molar-refractivity contribution >= 4 is 22.4 Å². The molecular weight excluding hydrogens is 452 g/mol. The zero-order valence-electron chi connectivity index (χ0n) is 23.2. The standard InChI is InChI=1S/C29H46O3Si2/c1-22-25(27(21-26(22)30)32-34(10,11)29(5,6)7)20-19-24(31-33(8,9)28(2,3)4)18-17-23-15-13-12-14-16-23/h12-16,24-25,27H,1,17-18,21H2,2-11H3/t24-,25+,27+/m0/s1. The lowest BCUT2D eigenvalue weighted by atomic mass is 10.0. The van der Waals surface area contributed by atoms with Crippen molar-refractivity contribution in [3.8, 4) is 11.8 Å². The summed E-state index contributed by atoms with van der Waals surface area (Å²) in [6, 6.07) is 10.5. The SMILES string of the molecule is C=C1C(=O)C[C@@H](O[Si](C)(C)C(C)(C)C)[C@@H]1C#C[C@H](CCc1ccccc1)O[Si](C)(C)C(C)(C)C. The topological polar surface area (TPSA) is 35.5 Å². The summed E-state index contributed by atoms with van der Waals surface area (Å²) in [6.07, 6.45) is 1.71. The maximum Gasteiger partial charge on any atom is 0.193 e. The van der Waals surface area contributed by atoms with E-state index in [1.54, 1.807) is 0 Å². The molecule has 0 amide bonds. The van der Waals surface area contributed by atoms with Gasteiger partial charge in [0.05, 0.1) is 12.0 Å². The van der Waals surface area contributed by atoms with E-state index in [0.717, 1.165) is 12.8 Å². The Balaban J connectivity index is 2.30. The number of hydrogen-bond donors (Lipinski definition) is 0. The minimum Gasteiger partial charge on any atom is -0.412 e. The summed E-state index contributed by atoms with van der Waals surface area (Å²) in [7, 11) is -4.04. The van der Waals surface area contributed by atoms with Gasteiger partial charge < -0.3 is 8.85 Å². The van der Waals surface area contributed by atoms with Crippen molar-refractivity contribution in [3.63, 3.8) is 0 Å². The average molecular weight is 499 g/mol. The van der Waals surface area contributed by atoms with Crippen molar-refractivity contribution in [1.82, 2.24) is 0 Å². The van der Waals surface area contributed by atoms with E-state index in [2.05, 4.69) is 110 Å². The summed E-state index contributed by atoms with van der Waals surface area (Å²) in [5, 5.41) is 0.169. The second kappa shape index (κ2) is 10.7. The first-order valence-corrected chi connectivity index (χ1v) is 18.4.